The van der Waals surface area contributed by atoms with Crippen molar-refractivity contribution in [1.82, 2.24) is 14.8 Å². The molecule has 1 aromatic carbocycles. The van der Waals surface area contributed by atoms with Gasteiger partial charge in [0.15, 0.2) is 5.82 Å². The van der Waals surface area contributed by atoms with Crippen molar-refractivity contribution in [2.45, 2.75) is 25.3 Å². The highest BCUT2D eigenvalue weighted by Crippen LogP contribution is 2.24. The van der Waals surface area contributed by atoms with Gasteiger partial charge in [0.2, 0.25) is 0 Å². The van der Waals surface area contributed by atoms with E-state index in [1.165, 1.54) is 6.07 Å². The number of rotatable bonds is 4. The van der Waals surface area contributed by atoms with E-state index in [0.29, 0.717) is 17.1 Å². The molecular weight excluding hydrogens is 302 g/mol. The molecule has 6 nitrogen and oxygen atoms in total. The van der Waals surface area contributed by atoms with Gasteiger partial charge in [-0.15, -0.1) is 10.2 Å². The van der Waals surface area contributed by atoms with Gasteiger partial charge in [-0.05, 0) is 37.6 Å². The van der Waals surface area contributed by atoms with Crippen molar-refractivity contribution < 1.29 is 13.2 Å². The molecule has 0 spiro atoms. The molecule has 0 aliphatic heterocycles. The molecule has 1 heterocycles. The molecule has 0 aliphatic rings. The van der Waals surface area contributed by atoms with Crippen LogP contribution in [0.25, 0.3) is 0 Å². The summed E-state index contributed by atoms with van der Waals surface area (Å²) in [4.78, 5) is 0.0843. The molecule has 20 heavy (non-hydrogen) atoms. The van der Waals surface area contributed by atoms with E-state index in [1.54, 1.807) is 19.1 Å². The summed E-state index contributed by atoms with van der Waals surface area (Å²) < 4.78 is 30.0. The number of hydrogen-bond acceptors (Lipinski definition) is 5. The molecule has 0 N–H and O–H groups in total. The lowest BCUT2D eigenvalue weighted by Crippen LogP contribution is -2.05. The molecule has 8 heteroatoms. The van der Waals surface area contributed by atoms with Crippen molar-refractivity contribution in [2.24, 2.45) is 7.05 Å². The van der Waals surface area contributed by atoms with Crippen LogP contribution < -0.4 is 4.74 Å². The number of ether oxygens (including phenoxy) is 1. The fourth-order valence-corrected chi connectivity index (χ4v) is 2.90. The van der Waals surface area contributed by atoms with E-state index in [9.17, 15) is 8.42 Å². The van der Waals surface area contributed by atoms with Crippen LogP contribution in [0.1, 0.15) is 17.2 Å². The van der Waals surface area contributed by atoms with E-state index < -0.39 is 9.05 Å². The number of aromatic nitrogens is 3. The summed E-state index contributed by atoms with van der Waals surface area (Å²) in [5.74, 6) is 2.03. The third-order valence-electron chi connectivity index (χ3n) is 2.96. The first-order valence-corrected chi connectivity index (χ1v) is 8.13. The Morgan fingerprint density at radius 2 is 2.00 bits per heavy atom. The van der Waals surface area contributed by atoms with Gasteiger partial charge in [0, 0.05) is 17.7 Å². The first-order valence-electron chi connectivity index (χ1n) is 5.82. The number of hydrogen-bond donors (Lipinski definition) is 0. The van der Waals surface area contributed by atoms with Gasteiger partial charge in [0.25, 0.3) is 9.05 Å². The number of aryl methyl sites for hydroxylation is 2. The minimum absolute atomic E-state index is 0.0843. The van der Waals surface area contributed by atoms with E-state index in [1.807, 2.05) is 18.5 Å². The van der Waals surface area contributed by atoms with Gasteiger partial charge in [-0.25, -0.2) is 8.42 Å². The quantitative estimate of drug-likeness (QED) is 0.806. The Morgan fingerprint density at radius 1 is 1.30 bits per heavy atom. The summed E-state index contributed by atoms with van der Waals surface area (Å²) in [5, 5.41) is 7.91. The Hall–Kier alpha value is -1.60. The lowest BCUT2D eigenvalue weighted by atomic mass is 10.2. The van der Waals surface area contributed by atoms with Crippen LogP contribution in [0, 0.1) is 13.8 Å². The first kappa shape index (κ1) is 14.8. The van der Waals surface area contributed by atoms with Crippen LogP contribution in [0.15, 0.2) is 23.1 Å². The second kappa shape index (κ2) is 5.41. The van der Waals surface area contributed by atoms with Crippen LogP contribution in [0.5, 0.6) is 5.75 Å². The number of benzene rings is 1. The van der Waals surface area contributed by atoms with Crippen molar-refractivity contribution in [3.05, 3.63) is 35.4 Å². The summed E-state index contributed by atoms with van der Waals surface area (Å²) >= 11 is 0. The molecule has 108 valence electrons. The van der Waals surface area contributed by atoms with E-state index in [0.717, 1.165) is 5.82 Å². The van der Waals surface area contributed by atoms with Crippen LogP contribution >= 0.6 is 10.7 Å². The lowest BCUT2D eigenvalue weighted by Gasteiger charge is -2.08. The molecule has 2 aromatic rings. The SMILES string of the molecule is Cc1cc(OCc2nnc(C)n2C)ccc1S(=O)(=O)Cl. The summed E-state index contributed by atoms with van der Waals surface area (Å²) in [5.41, 5.74) is 0.534. The molecule has 2 rings (SSSR count). The van der Waals surface area contributed by atoms with Crippen molar-refractivity contribution in [2.75, 3.05) is 0 Å². The van der Waals surface area contributed by atoms with Gasteiger partial charge in [0.05, 0.1) is 4.90 Å². The second-order valence-electron chi connectivity index (χ2n) is 4.38. The molecule has 0 atom stereocenters. The van der Waals surface area contributed by atoms with Crippen LogP contribution in [0.3, 0.4) is 0 Å². The average molecular weight is 316 g/mol. The fourth-order valence-electron chi connectivity index (χ4n) is 1.71. The smallest absolute Gasteiger partial charge is 0.261 e. The zero-order valence-corrected chi connectivity index (χ0v) is 12.9. The maximum Gasteiger partial charge on any atom is 0.261 e. The molecule has 0 unspecified atom stereocenters. The normalized spacial score (nSPS) is 11.6. The summed E-state index contributed by atoms with van der Waals surface area (Å²) in [6.07, 6.45) is 0. The molecule has 1 aromatic heterocycles. The minimum Gasteiger partial charge on any atom is -0.486 e. The standard InChI is InChI=1S/C12H14ClN3O3S/c1-8-6-10(4-5-11(8)20(13,17)18)19-7-12-15-14-9(2)16(12)3/h4-6H,7H2,1-3H3. The Kier molecular flexibility index (Phi) is 4.01. The molecule has 0 bridgehead atoms. The Bertz CT molecular complexity index is 740. The predicted octanol–water partition coefficient (Wildman–Crippen LogP) is 1.94. The zero-order valence-electron chi connectivity index (χ0n) is 11.3. The van der Waals surface area contributed by atoms with Crippen LogP contribution in [0.2, 0.25) is 0 Å². The lowest BCUT2D eigenvalue weighted by molar-refractivity contribution is 0.290. The van der Waals surface area contributed by atoms with Gasteiger partial charge < -0.3 is 9.30 Å². The Balaban J connectivity index is 2.16. The van der Waals surface area contributed by atoms with Crippen molar-refractivity contribution in [3.8, 4) is 5.75 Å². The third-order valence-corrected chi connectivity index (χ3v) is 4.44. The number of halogens is 1. The van der Waals surface area contributed by atoms with E-state index >= 15 is 0 Å². The molecule has 0 aliphatic carbocycles. The van der Waals surface area contributed by atoms with E-state index in [4.69, 9.17) is 15.4 Å². The molecule has 0 fully saturated rings. The highest BCUT2D eigenvalue weighted by Gasteiger charge is 2.14. The number of nitrogens with zero attached hydrogens (tertiary/aromatic N) is 3. The van der Waals surface area contributed by atoms with E-state index in [2.05, 4.69) is 10.2 Å². The first-order chi connectivity index (χ1) is 9.29. The largest absolute Gasteiger partial charge is 0.486 e. The van der Waals surface area contributed by atoms with Gasteiger partial charge in [0.1, 0.15) is 18.2 Å². The third kappa shape index (κ3) is 3.10. The maximum atomic E-state index is 11.3. The molecule has 0 saturated heterocycles. The monoisotopic (exact) mass is 315 g/mol. The van der Waals surface area contributed by atoms with E-state index in [-0.39, 0.29) is 11.5 Å². The van der Waals surface area contributed by atoms with Crippen molar-refractivity contribution >= 4 is 19.7 Å². The fraction of sp³-hybridized carbons (Fsp3) is 0.333. The van der Waals surface area contributed by atoms with Crippen molar-refractivity contribution in [3.63, 3.8) is 0 Å². The van der Waals surface area contributed by atoms with Crippen LogP contribution in [-0.2, 0) is 22.7 Å². The maximum absolute atomic E-state index is 11.3. The van der Waals surface area contributed by atoms with Crippen LogP contribution in [-0.4, -0.2) is 23.2 Å². The van der Waals surface area contributed by atoms with Crippen molar-refractivity contribution in [1.29, 1.82) is 0 Å². The Morgan fingerprint density at radius 3 is 2.50 bits per heavy atom. The summed E-state index contributed by atoms with van der Waals surface area (Å²) in [6.45, 7) is 3.76. The Labute approximate surface area is 121 Å². The predicted molar refractivity (Wildman–Crippen MR) is 74.3 cm³/mol. The summed E-state index contributed by atoms with van der Waals surface area (Å²) in [6, 6.07) is 4.61. The molecule has 0 saturated carbocycles. The van der Waals surface area contributed by atoms with Crippen LogP contribution in [0.4, 0.5) is 0 Å². The summed E-state index contributed by atoms with van der Waals surface area (Å²) in [7, 11) is 3.44. The molecular formula is C12H14ClN3O3S. The molecule has 0 radical (unpaired) electrons. The van der Waals surface area contributed by atoms with Gasteiger partial charge in [-0.2, -0.15) is 0 Å². The second-order valence-corrected chi connectivity index (χ2v) is 6.91. The van der Waals surface area contributed by atoms with Gasteiger partial charge >= 0.3 is 0 Å². The van der Waals surface area contributed by atoms with Gasteiger partial charge in [-0.3, -0.25) is 0 Å². The minimum atomic E-state index is -3.73. The van der Waals surface area contributed by atoms with Gasteiger partial charge in [-0.1, -0.05) is 0 Å². The average Bonchev–Trinajstić information content (AvgIpc) is 2.66. The zero-order chi connectivity index (χ0) is 14.9. The highest BCUT2D eigenvalue weighted by molar-refractivity contribution is 8.13. The highest BCUT2D eigenvalue weighted by atomic mass is 35.7. The topological polar surface area (TPSA) is 74.1 Å². The molecule has 0 amide bonds.